The number of aromatic nitrogens is 5. The van der Waals surface area contributed by atoms with Gasteiger partial charge in [0.25, 0.3) is 5.56 Å². The van der Waals surface area contributed by atoms with Gasteiger partial charge in [0, 0.05) is 11.8 Å². The Kier molecular flexibility index (Phi) is 4.21. The van der Waals surface area contributed by atoms with E-state index < -0.39 is 6.04 Å². The fourth-order valence-electron chi connectivity index (χ4n) is 2.75. The molecule has 8 heteroatoms. The van der Waals surface area contributed by atoms with Gasteiger partial charge < -0.3 is 4.74 Å². The number of benzene rings is 1. The highest BCUT2D eigenvalue weighted by molar-refractivity contribution is 5.76. The Hall–Kier alpha value is -3.81. The minimum atomic E-state index is -0.503. The molecular formula is C19H14FN5O2. The van der Waals surface area contributed by atoms with Gasteiger partial charge >= 0.3 is 6.01 Å². The summed E-state index contributed by atoms with van der Waals surface area (Å²) in [5.41, 5.74) is 0.518. The Labute approximate surface area is 152 Å². The third kappa shape index (κ3) is 3.20. The second kappa shape index (κ2) is 6.83. The fraction of sp³-hybridized carbons (Fsp3) is 0.0526. The zero-order valence-corrected chi connectivity index (χ0v) is 14.0. The maximum Gasteiger partial charge on any atom is 0.302 e. The molecule has 1 aromatic carbocycles. The van der Waals surface area contributed by atoms with Crippen LogP contribution in [-0.4, -0.2) is 24.7 Å². The number of hydrogen-bond donors (Lipinski definition) is 1. The molecule has 134 valence electrons. The number of rotatable bonds is 5. The molecule has 3 aromatic heterocycles. The third-order valence-electron chi connectivity index (χ3n) is 4.01. The molecule has 0 amide bonds. The maximum atomic E-state index is 14.1. The SMILES string of the molecule is C=CC(c1ccccc1F)n1cc(Oc2nc3cnccc3c(=O)[nH]2)cn1. The van der Waals surface area contributed by atoms with Crippen molar-refractivity contribution < 1.29 is 9.13 Å². The van der Waals surface area contributed by atoms with Gasteiger partial charge in [-0.15, -0.1) is 6.58 Å². The number of pyridine rings is 1. The van der Waals surface area contributed by atoms with E-state index in [-0.39, 0.29) is 17.4 Å². The Morgan fingerprint density at radius 2 is 2.11 bits per heavy atom. The summed E-state index contributed by atoms with van der Waals surface area (Å²) in [4.78, 5) is 22.8. The number of aromatic amines is 1. The van der Waals surface area contributed by atoms with Crippen LogP contribution in [0.1, 0.15) is 11.6 Å². The highest BCUT2D eigenvalue weighted by Gasteiger charge is 2.16. The van der Waals surface area contributed by atoms with Crippen LogP contribution in [-0.2, 0) is 0 Å². The van der Waals surface area contributed by atoms with Gasteiger partial charge in [-0.2, -0.15) is 10.1 Å². The normalized spacial score (nSPS) is 12.0. The van der Waals surface area contributed by atoms with E-state index in [2.05, 4.69) is 26.6 Å². The van der Waals surface area contributed by atoms with Crippen molar-refractivity contribution in [2.24, 2.45) is 0 Å². The molecule has 0 aliphatic carbocycles. The Morgan fingerprint density at radius 3 is 2.93 bits per heavy atom. The van der Waals surface area contributed by atoms with Gasteiger partial charge in [0.05, 0.1) is 35.5 Å². The second-order valence-electron chi connectivity index (χ2n) is 5.72. The average molecular weight is 363 g/mol. The number of ether oxygens (including phenoxy) is 1. The van der Waals surface area contributed by atoms with E-state index in [1.807, 2.05) is 0 Å². The van der Waals surface area contributed by atoms with Crippen molar-refractivity contribution in [1.29, 1.82) is 0 Å². The maximum absolute atomic E-state index is 14.1. The van der Waals surface area contributed by atoms with Gasteiger partial charge in [-0.25, -0.2) is 4.39 Å². The van der Waals surface area contributed by atoms with Crippen LogP contribution in [0.4, 0.5) is 4.39 Å². The van der Waals surface area contributed by atoms with Gasteiger partial charge in [0.15, 0.2) is 5.75 Å². The van der Waals surface area contributed by atoms with Crippen molar-refractivity contribution in [3.05, 3.63) is 89.5 Å². The summed E-state index contributed by atoms with van der Waals surface area (Å²) in [6.07, 6.45) is 7.60. The van der Waals surface area contributed by atoms with Crippen LogP contribution in [0, 0.1) is 5.82 Å². The van der Waals surface area contributed by atoms with Crippen molar-refractivity contribution in [2.75, 3.05) is 0 Å². The van der Waals surface area contributed by atoms with Crippen molar-refractivity contribution in [3.8, 4) is 11.8 Å². The first kappa shape index (κ1) is 16.6. The van der Waals surface area contributed by atoms with Crippen molar-refractivity contribution >= 4 is 10.9 Å². The summed E-state index contributed by atoms with van der Waals surface area (Å²) in [6.45, 7) is 3.76. The summed E-state index contributed by atoms with van der Waals surface area (Å²) in [5.74, 6) is -0.0158. The molecule has 0 saturated heterocycles. The summed E-state index contributed by atoms with van der Waals surface area (Å²) >= 11 is 0. The van der Waals surface area contributed by atoms with Crippen molar-refractivity contribution in [1.82, 2.24) is 24.7 Å². The fourth-order valence-corrected chi connectivity index (χ4v) is 2.75. The number of H-pyrrole nitrogens is 1. The highest BCUT2D eigenvalue weighted by Crippen LogP contribution is 2.25. The molecule has 3 heterocycles. The quantitative estimate of drug-likeness (QED) is 0.550. The van der Waals surface area contributed by atoms with Gasteiger partial charge in [-0.05, 0) is 12.1 Å². The first-order valence-corrected chi connectivity index (χ1v) is 8.09. The largest absolute Gasteiger partial charge is 0.422 e. The summed E-state index contributed by atoms with van der Waals surface area (Å²) in [6, 6.07) is 7.49. The predicted molar refractivity (Wildman–Crippen MR) is 97.2 cm³/mol. The molecule has 0 spiro atoms. The van der Waals surface area contributed by atoms with Crippen LogP contribution in [0.25, 0.3) is 10.9 Å². The van der Waals surface area contributed by atoms with Gasteiger partial charge in [-0.1, -0.05) is 24.3 Å². The van der Waals surface area contributed by atoms with Crippen LogP contribution in [0.5, 0.6) is 11.8 Å². The predicted octanol–water partition coefficient (Wildman–Crippen LogP) is 3.22. The number of hydrogen-bond acceptors (Lipinski definition) is 5. The van der Waals surface area contributed by atoms with Crippen molar-refractivity contribution in [2.45, 2.75) is 6.04 Å². The monoisotopic (exact) mass is 363 g/mol. The molecule has 0 saturated carbocycles. The topological polar surface area (TPSA) is 85.7 Å². The minimum Gasteiger partial charge on any atom is -0.422 e. The van der Waals surface area contributed by atoms with Crippen molar-refractivity contribution in [3.63, 3.8) is 0 Å². The lowest BCUT2D eigenvalue weighted by Crippen LogP contribution is -2.10. The molecule has 1 N–H and O–H groups in total. The minimum absolute atomic E-state index is 0.0149. The molecule has 0 bridgehead atoms. The molecule has 7 nitrogen and oxygen atoms in total. The molecule has 4 rings (SSSR count). The zero-order chi connectivity index (χ0) is 18.8. The summed E-state index contributed by atoms with van der Waals surface area (Å²) in [5, 5.41) is 4.62. The molecule has 0 radical (unpaired) electrons. The van der Waals surface area contributed by atoms with E-state index in [9.17, 15) is 9.18 Å². The molecule has 1 unspecified atom stereocenters. The molecule has 0 aliphatic heterocycles. The summed E-state index contributed by atoms with van der Waals surface area (Å²) < 4.78 is 21.2. The van der Waals surface area contributed by atoms with Crippen LogP contribution in [0.2, 0.25) is 0 Å². The number of allylic oxidation sites excluding steroid dienone is 1. The number of fused-ring (bicyclic) bond motifs is 1. The first-order chi connectivity index (χ1) is 13.2. The molecule has 4 aromatic rings. The van der Waals surface area contributed by atoms with Crippen LogP contribution < -0.4 is 10.3 Å². The van der Waals surface area contributed by atoms with Gasteiger partial charge in [0.2, 0.25) is 0 Å². The van der Waals surface area contributed by atoms with E-state index in [1.165, 1.54) is 29.3 Å². The molecule has 0 fully saturated rings. The molecule has 0 aliphatic rings. The molecule has 27 heavy (non-hydrogen) atoms. The van der Waals surface area contributed by atoms with E-state index in [4.69, 9.17) is 4.74 Å². The van der Waals surface area contributed by atoms with Gasteiger partial charge in [0.1, 0.15) is 5.82 Å². The number of nitrogens with zero attached hydrogens (tertiary/aromatic N) is 4. The number of halogens is 1. The Balaban J connectivity index is 1.64. The van der Waals surface area contributed by atoms with Crippen LogP contribution in [0.3, 0.4) is 0 Å². The molecular weight excluding hydrogens is 349 g/mol. The van der Waals surface area contributed by atoms with Crippen LogP contribution >= 0.6 is 0 Å². The lowest BCUT2D eigenvalue weighted by Gasteiger charge is -2.14. The lowest BCUT2D eigenvalue weighted by molar-refractivity contribution is 0.441. The van der Waals surface area contributed by atoms with E-state index in [0.717, 1.165) is 0 Å². The third-order valence-corrected chi connectivity index (χ3v) is 4.01. The second-order valence-corrected chi connectivity index (χ2v) is 5.72. The first-order valence-electron chi connectivity index (χ1n) is 8.09. The number of nitrogens with one attached hydrogen (secondary N) is 1. The zero-order valence-electron chi connectivity index (χ0n) is 14.0. The average Bonchev–Trinajstić information content (AvgIpc) is 3.12. The standard InChI is InChI=1S/C19H14FN5O2/c1-2-17(13-5-3-4-6-15(13)20)25-11-12(9-22-25)27-19-23-16-10-21-8-7-14(16)18(26)24-19/h2-11,17H,1H2,(H,23,24,26). The molecule has 1 atom stereocenters. The van der Waals surface area contributed by atoms with Gasteiger partial charge in [-0.3, -0.25) is 19.4 Å². The van der Waals surface area contributed by atoms with E-state index >= 15 is 0 Å². The Bertz CT molecular complexity index is 1180. The Morgan fingerprint density at radius 1 is 1.26 bits per heavy atom. The van der Waals surface area contributed by atoms with Crippen LogP contribution in [0.15, 0.2) is 72.6 Å². The lowest BCUT2D eigenvalue weighted by atomic mass is 10.1. The smallest absolute Gasteiger partial charge is 0.302 e. The van der Waals surface area contributed by atoms with E-state index in [1.54, 1.807) is 36.5 Å². The summed E-state index contributed by atoms with van der Waals surface area (Å²) in [7, 11) is 0. The highest BCUT2D eigenvalue weighted by atomic mass is 19.1. The van der Waals surface area contributed by atoms with E-state index in [0.29, 0.717) is 22.2 Å².